The minimum atomic E-state index is -4.45. The summed E-state index contributed by atoms with van der Waals surface area (Å²) in [7, 11) is 1.64. The Balaban J connectivity index is 1.34. The number of aliphatic imine (C=N–C) groups is 1. The van der Waals surface area contributed by atoms with E-state index in [2.05, 4.69) is 20.6 Å². The van der Waals surface area contributed by atoms with Crippen molar-refractivity contribution in [2.75, 3.05) is 20.2 Å². The summed E-state index contributed by atoms with van der Waals surface area (Å²) < 4.78 is 44.6. The van der Waals surface area contributed by atoms with Crippen LogP contribution in [0.5, 0.6) is 0 Å². The van der Waals surface area contributed by atoms with Gasteiger partial charge in [-0.2, -0.15) is 18.3 Å². The number of rotatable bonds is 7. The van der Waals surface area contributed by atoms with Crippen molar-refractivity contribution >= 4 is 18.0 Å². The number of ether oxygens (including phenoxy) is 1. The first-order chi connectivity index (χ1) is 20.4. The minimum Gasteiger partial charge on any atom is -0.484 e. The maximum Gasteiger partial charge on any atom is 0.422 e. The lowest BCUT2D eigenvalue weighted by Crippen LogP contribution is -2.61. The van der Waals surface area contributed by atoms with Gasteiger partial charge < -0.3 is 20.5 Å². The summed E-state index contributed by atoms with van der Waals surface area (Å²) in [6.45, 7) is 0.646. The fourth-order valence-corrected chi connectivity index (χ4v) is 6.76. The number of hydrogen-bond acceptors (Lipinski definition) is 7. The third-order valence-electron chi connectivity index (χ3n) is 9.40. The average Bonchev–Trinajstić information content (AvgIpc) is 3.45. The van der Waals surface area contributed by atoms with Gasteiger partial charge in [0.1, 0.15) is 11.5 Å². The molecule has 4 aliphatic rings. The number of aliphatic hydroxyl groups is 1. The van der Waals surface area contributed by atoms with Crippen molar-refractivity contribution in [3.05, 3.63) is 64.8 Å². The number of carbonyl (C=O) groups excluding carboxylic acids is 2. The summed E-state index contributed by atoms with van der Waals surface area (Å²) in [6, 6.07) is 3.46. The summed E-state index contributed by atoms with van der Waals surface area (Å²) in [5, 5.41) is 21.3. The molecule has 0 bridgehead atoms. The quantitative estimate of drug-likeness (QED) is 0.419. The number of pyridine rings is 1. The molecule has 1 spiro atoms. The third-order valence-corrected chi connectivity index (χ3v) is 9.40. The SMILES string of the molecule is C/N=C/c1ccc(-n2nc3c(c2C(=O)NCC2(O)CCC2)C(=O)N[C@@]2(CCC4C=C(OCC(F)(F)F)C=CC42C)C3)nc1. The molecule has 228 valence electrons. The van der Waals surface area contributed by atoms with E-state index in [1.807, 2.05) is 13.0 Å². The van der Waals surface area contributed by atoms with Crippen LogP contribution in [0, 0.1) is 11.3 Å². The van der Waals surface area contributed by atoms with E-state index in [9.17, 15) is 27.9 Å². The Kier molecular flexibility index (Phi) is 6.98. The van der Waals surface area contributed by atoms with Crippen LogP contribution in [0.2, 0.25) is 0 Å². The Morgan fingerprint density at radius 1 is 1.33 bits per heavy atom. The number of aromatic nitrogens is 3. The second-order valence-corrected chi connectivity index (χ2v) is 12.1. The second-order valence-electron chi connectivity index (χ2n) is 12.1. The molecule has 2 unspecified atom stereocenters. The first kappa shape index (κ1) is 29.1. The summed E-state index contributed by atoms with van der Waals surface area (Å²) in [5.74, 6) is -0.708. The average molecular weight is 599 g/mol. The van der Waals surface area contributed by atoms with E-state index in [-0.39, 0.29) is 29.5 Å². The summed E-state index contributed by atoms with van der Waals surface area (Å²) in [6.07, 6.45) is 7.35. The van der Waals surface area contributed by atoms with Gasteiger partial charge in [-0.25, -0.2) is 9.67 Å². The van der Waals surface area contributed by atoms with Crippen molar-refractivity contribution in [2.45, 2.75) is 62.8 Å². The highest BCUT2D eigenvalue weighted by Crippen LogP contribution is 2.56. The normalized spacial score (nSPS) is 27.3. The van der Waals surface area contributed by atoms with Crippen LogP contribution in [0.15, 0.2) is 47.3 Å². The van der Waals surface area contributed by atoms with E-state index in [0.29, 0.717) is 43.6 Å². The van der Waals surface area contributed by atoms with Gasteiger partial charge in [0.2, 0.25) is 0 Å². The predicted molar refractivity (Wildman–Crippen MR) is 150 cm³/mol. The highest BCUT2D eigenvalue weighted by molar-refractivity contribution is 6.08. The lowest BCUT2D eigenvalue weighted by molar-refractivity contribution is -0.164. The first-order valence-electron chi connectivity index (χ1n) is 14.3. The van der Waals surface area contributed by atoms with E-state index in [0.717, 1.165) is 12.0 Å². The largest absolute Gasteiger partial charge is 0.484 e. The molecule has 2 aromatic rings. The molecule has 3 heterocycles. The molecule has 10 nitrogen and oxygen atoms in total. The molecule has 3 N–H and O–H groups in total. The van der Waals surface area contributed by atoms with Crippen LogP contribution < -0.4 is 10.6 Å². The van der Waals surface area contributed by atoms with E-state index < -0.39 is 41.2 Å². The Bertz CT molecular complexity index is 1540. The summed E-state index contributed by atoms with van der Waals surface area (Å²) in [4.78, 5) is 36.0. The number of allylic oxidation sites excluding steroid dienone is 2. The summed E-state index contributed by atoms with van der Waals surface area (Å²) in [5.41, 5.74) is -1.05. The number of amides is 2. The molecule has 3 atom stereocenters. The maximum atomic E-state index is 13.9. The molecule has 3 aliphatic carbocycles. The number of hydrogen-bond donors (Lipinski definition) is 3. The van der Waals surface area contributed by atoms with E-state index in [1.54, 1.807) is 37.7 Å². The predicted octanol–water partition coefficient (Wildman–Crippen LogP) is 3.43. The molecule has 13 heteroatoms. The van der Waals surface area contributed by atoms with Crippen LogP contribution in [-0.2, 0) is 11.2 Å². The van der Waals surface area contributed by atoms with Crippen molar-refractivity contribution in [1.29, 1.82) is 0 Å². The Hall–Kier alpha value is -4.00. The molecule has 0 radical (unpaired) electrons. The van der Waals surface area contributed by atoms with Crippen molar-refractivity contribution in [3.8, 4) is 5.82 Å². The highest BCUT2D eigenvalue weighted by Gasteiger charge is 2.59. The van der Waals surface area contributed by atoms with Gasteiger partial charge in [0.05, 0.1) is 22.4 Å². The fraction of sp³-hybridized carbons (Fsp3) is 0.500. The van der Waals surface area contributed by atoms with E-state index in [4.69, 9.17) is 9.84 Å². The Labute approximate surface area is 246 Å². The van der Waals surface area contributed by atoms with Gasteiger partial charge in [-0.15, -0.1) is 0 Å². The number of nitrogens with one attached hydrogen (secondary N) is 2. The zero-order valence-electron chi connectivity index (χ0n) is 23.9. The molecule has 0 saturated heterocycles. The number of carbonyl (C=O) groups is 2. The monoisotopic (exact) mass is 598 g/mol. The second kappa shape index (κ2) is 10.3. The lowest BCUT2D eigenvalue weighted by Gasteiger charge is -2.47. The van der Waals surface area contributed by atoms with Crippen LogP contribution in [0.4, 0.5) is 13.2 Å². The van der Waals surface area contributed by atoms with Gasteiger partial charge >= 0.3 is 6.18 Å². The Morgan fingerprint density at radius 3 is 2.77 bits per heavy atom. The van der Waals surface area contributed by atoms with Crippen molar-refractivity contribution in [2.24, 2.45) is 16.3 Å². The van der Waals surface area contributed by atoms with Gasteiger partial charge in [0, 0.05) is 43.4 Å². The van der Waals surface area contributed by atoms with Gasteiger partial charge in [0.25, 0.3) is 11.8 Å². The Morgan fingerprint density at radius 2 is 2.12 bits per heavy atom. The smallest absolute Gasteiger partial charge is 0.422 e. The minimum absolute atomic E-state index is 0.0244. The zero-order valence-corrected chi connectivity index (χ0v) is 23.9. The van der Waals surface area contributed by atoms with Crippen molar-refractivity contribution in [3.63, 3.8) is 0 Å². The molecule has 43 heavy (non-hydrogen) atoms. The third kappa shape index (κ3) is 5.13. The maximum absolute atomic E-state index is 13.9. The van der Waals surface area contributed by atoms with Crippen LogP contribution in [0.25, 0.3) is 5.82 Å². The van der Waals surface area contributed by atoms with Crippen LogP contribution >= 0.6 is 0 Å². The number of nitrogens with zero attached hydrogens (tertiary/aromatic N) is 4. The molecule has 2 saturated carbocycles. The van der Waals surface area contributed by atoms with Crippen molar-refractivity contribution < 1.29 is 32.6 Å². The number of alkyl halides is 3. The van der Waals surface area contributed by atoms with Crippen LogP contribution in [0.1, 0.15) is 71.1 Å². The molecule has 2 aromatic heterocycles. The molecular weight excluding hydrogens is 565 g/mol. The highest BCUT2D eigenvalue weighted by atomic mass is 19.4. The van der Waals surface area contributed by atoms with Crippen LogP contribution in [-0.4, -0.2) is 75.4 Å². The standard InChI is InChI=1S/C30H33F3N6O4/c1-27-10-7-20(43-17-30(31,32)33)12-19(27)6-11-29(27)13-21-23(25(40)37-29)24(26(41)36-16-28(42)8-3-9-28)39(38-21)22-5-4-18(14-34-2)15-35-22/h4-5,7,10,12,14-15,19,42H,3,6,8-9,11,13,16-17H2,1-2H3,(H,36,41)(H,37,40)/b34-14+/t19?,27?,29-/m0/s1. The topological polar surface area (TPSA) is 131 Å². The van der Waals surface area contributed by atoms with Gasteiger partial charge in [0.15, 0.2) is 12.4 Å². The number of fused-ring (bicyclic) bond motifs is 3. The van der Waals surface area contributed by atoms with Gasteiger partial charge in [-0.3, -0.25) is 14.6 Å². The van der Waals surface area contributed by atoms with Crippen LogP contribution in [0.3, 0.4) is 0 Å². The molecule has 2 amide bonds. The lowest BCUT2D eigenvalue weighted by atomic mass is 9.64. The van der Waals surface area contributed by atoms with E-state index >= 15 is 0 Å². The molecule has 2 fully saturated rings. The molecule has 1 aliphatic heterocycles. The van der Waals surface area contributed by atoms with E-state index in [1.165, 1.54) is 10.8 Å². The van der Waals surface area contributed by atoms with Crippen molar-refractivity contribution in [1.82, 2.24) is 25.4 Å². The fourth-order valence-electron chi connectivity index (χ4n) is 6.76. The zero-order chi connectivity index (χ0) is 30.6. The van der Waals surface area contributed by atoms with Gasteiger partial charge in [-0.05, 0) is 62.3 Å². The first-order valence-corrected chi connectivity index (χ1v) is 14.3. The molecule has 0 aromatic carbocycles. The molecular formula is C30H33F3N6O4. The molecule has 6 rings (SSSR count). The van der Waals surface area contributed by atoms with Gasteiger partial charge in [-0.1, -0.05) is 13.0 Å². The number of halogens is 3. The summed E-state index contributed by atoms with van der Waals surface area (Å²) >= 11 is 0.